The van der Waals surface area contributed by atoms with E-state index in [1.165, 1.54) is 18.5 Å². The van der Waals surface area contributed by atoms with Crippen LogP contribution in [0.15, 0.2) is 36.7 Å². The van der Waals surface area contributed by atoms with Crippen LogP contribution in [-0.4, -0.2) is 66.5 Å². The molecule has 146 valence electrons. The molecule has 1 N–H and O–H groups in total. The van der Waals surface area contributed by atoms with Gasteiger partial charge >= 0.3 is 0 Å². The van der Waals surface area contributed by atoms with Gasteiger partial charge in [-0.1, -0.05) is 0 Å². The number of nitrogens with one attached hydrogen (secondary N) is 1. The maximum atomic E-state index is 12.5. The van der Waals surface area contributed by atoms with Gasteiger partial charge in [-0.2, -0.15) is 0 Å². The zero-order valence-electron chi connectivity index (χ0n) is 15.8. The number of rotatable bonds is 5. The Bertz CT molecular complexity index is 810. The first-order valence-electron chi connectivity index (χ1n) is 9.65. The van der Waals surface area contributed by atoms with Gasteiger partial charge < -0.3 is 20.0 Å². The standard InChI is InChI=1S/C20H24N6O2/c27-15-24-9-11-26(12-10-24)20-21-13-16(14-22-20)19(28)23-17-3-5-18(6-4-17)25-7-1-2-8-25/h3-6,13-15H,1-2,7-12H2,(H,23,28). The summed E-state index contributed by atoms with van der Waals surface area (Å²) in [6, 6.07) is 7.93. The number of piperazine rings is 1. The molecule has 0 aliphatic carbocycles. The molecule has 0 saturated carbocycles. The predicted octanol–water partition coefficient (Wildman–Crippen LogP) is 1.61. The van der Waals surface area contributed by atoms with E-state index in [1.807, 2.05) is 29.2 Å². The SMILES string of the molecule is O=CN1CCN(c2ncc(C(=O)Nc3ccc(N4CCCC4)cc3)cn2)CC1. The third kappa shape index (κ3) is 4.05. The van der Waals surface area contributed by atoms with Crippen molar-refractivity contribution in [2.75, 3.05) is 54.4 Å². The molecule has 8 heteroatoms. The van der Waals surface area contributed by atoms with Gasteiger partial charge in [-0.3, -0.25) is 9.59 Å². The topological polar surface area (TPSA) is 81.7 Å². The van der Waals surface area contributed by atoms with E-state index in [9.17, 15) is 9.59 Å². The Hall–Kier alpha value is -3.16. The van der Waals surface area contributed by atoms with Crippen LogP contribution in [0.4, 0.5) is 17.3 Å². The van der Waals surface area contributed by atoms with Gasteiger partial charge in [0.05, 0.1) is 5.56 Å². The first-order valence-corrected chi connectivity index (χ1v) is 9.65. The van der Waals surface area contributed by atoms with Gasteiger partial charge in [0.25, 0.3) is 5.91 Å². The van der Waals surface area contributed by atoms with Crippen LogP contribution in [0.2, 0.25) is 0 Å². The highest BCUT2D eigenvalue weighted by molar-refractivity contribution is 6.03. The monoisotopic (exact) mass is 380 g/mol. The Kier molecular flexibility index (Phi) is 5.36. The molecule has 0 spiro atoms. The van der Waals surface area contributed by atoms with Gasteiger partial charge in [-0.05, 0) is 37.1 Å². The molecule has 0 unspecified atom stereocenters. The van der Waals surface area contributed by atoms with E-state index in [0.29, 0.717) is 37.7 Å². The zero-order chi connectivity index (χ0) is 19.3. The number of aromatic nitrogens is 2. The average Bonchev–Trinajstić information content (AvgIpc) is 3.29. The van der Waals surface area contributed by atoms with Crippen molar-refractivity contribution in [3.63, 3.8) is 0 Å². The van der Waals surface area contributed by atoms with Gasteiger partial charge in [0, 0.05) is 63.0 Å². The van der Waals surface area contributed by atoms with Gasteiger partial charge in [0.15, 0.2) is 0 Å². The van der Waals surface area contributed by atoms with E-state index in [0.717, 1.165) is 25.2 Å². The van der Waals surface area contributed by atoms with Crippen molar-refractivity contribution < 1.29 is 9.59 Å². The highest BCUT2D eigenvalue weighted by Gasteiger charge is 2.18. The molecular formula is C20H24N6O2. The number of anilines is 3. The molecule has 3 heterocycles. The third-order valence-electron chi connectivity index (χ3n) is 5.24. The van der Waals surface area contributed by atoms with Gasteiger partial charge in [-0.15, -0.1) is 0 Å². The lowest BCUT2D eigenvalue weighted by atomic mass is 10.2. The second-order valence-corrected chi connectivity index (χ2v) is 7.10. The highest BCUT2D eigenvalue weighted by atomic mass is 16.1. The Morgan fingerprint density at radius 3 is 2.14 bits per heavy atom. The minimum Gasteiger partial charge on any atom is -0.372 e. The molecule has 1 aromatic heterocycles. The van der Waals surface area contributed by atoms with Gasteiger partial charge in [0.2, 0.25) is 12.4 Å². The molecule has 28 heavy (non-hydrogen) atoms. The Morgan fingerprint density at radius 1 is 0.893 bits per heavy atom. The maximum absolute atomic E-state index is 12.5. The summed E-state index contributed by atoms with van der Waals surface area (Å²) in [7, 11) is 0. The molecule has 0 atom stereocenters. The molecule has 2 saturated heterocycles. The molecule has 8 nitrogen and oxygen atoms in total. The van der Waals surface area contributed by atoms with Crippen LogP contribution in [0.5, 0.6) is 0 Å². The van der Waals surface area contributed by atoms with Crippen LogP contribution in [0.1, 0.15) is 23.2 Å². The number of hydrogen-bond donors (Lipinski definition) is 1. The van der Waals surface area contributed by atoms with E-state index in [4.69, 9.17) is 0 Å². The number of nitrogens with zero attached hydrogens (tertiary/aromatic N) is 5. The lowest BCUT2D eigenvalue weighted by Crippen LogP contribution is -2.46. The molecule has 1 aromatic carbocycles. The van der Waals surface area contributed by atoms with Crippen molar-refractivity contribution in [1.29, 1.82) is 0 Å². The maximum Gasteiger partial charge on any atom is 0.258 e. The fourth-order valence-electron chi connectivity index (χ4n) is 3.56. The van der Waals surface area contributed by atoms with Crippen molar-refractivity contribution >= 4 is 29.6 Å². The van der Waals surface area contributed by atoms with Crippen molar-refractivity contribution in [2.24, 2.45) is 0 Å². The first kappa shape index (κ1) is 18.2. The van der Waals surface area contributed by atoms with Crippen LogP contribution in [0.25, 0.3) is 0 Å². The lowest BCUT2D eigenvalue weighted by molar-refractivity contribution is -0.118. The van der Waals surface area contributed by atoms with E-state index < -0.39 is 0 Å². The minimum absolute atomic E-state index is 0.230. The predicted molar refractivity (Wildman–Crippen MR) is 108 cm³/mol. The van der Waals surface area contributed by atoms with Crippen LogP contribution < -0.4 is 15.1 Å². The quantitative estimate of drug-likeness (QED) is 0.794. The summed E-state index contributed by atoms with van der Waals surface area (Å²) in [5, 5.41) is 2.89. The van der Waals surface area contributed by atoms with Crippen molar-refractivity contribution in [2.45, 2.75) is 12.8 Å². The van der Waals surface area contributed by atoms with Crippen LogP contribution in [0.3, 0.4) is 0 Å². The largest absolute Gasteiger partial charge is 0.372 e. The molecule has 4 rings (SSSR count). The van der Waals surface area contributed by atoms with Crippen LogP contribution in [-0.2, 0) is 4.79 Å². The van der Waals surface area contributed by atoms with E-state index in [2.05, 4.69) is 20.2 Å². The van der Waals surface area contributed by atoms with Crippen molar-refractivity contribution in [1.82, 2.24) is 14.9 Å². The van der Waals surface area contributed by atoms with Gasteiger partial charge in [0.1, 0.15) is 0 Å². The summed E-state index contributed by atoms with van der Waals surface area (Å²) in [5.74, 6) is 0.350. The Balaban J connectivity index is 1.35. The molecule has 2 aliphatic heterocycles. The lowest BCUT2D eigenvalue weighted by Gasteiger charge is -2.32. The molecular weight excluding hydrogens is 356 g/mol. The van der Waals surface area contributed by atoms with Crippen molar-refractivity contribution in [3.05, 3.63) is 42.2 Å². The fraction of sp³-hybridized carbons (Fsp3) is 0.400. The number of benzene rings is 1. The fourth-order valence-corrected chi connectivity index (χ4v) is 3.56. The number of hydrogen-bond acceptors (Lipinski definition) is 6. The summed E-state index contributed by atoms with van der Waals surface area (Å²) in [4.78, 5) is 38.0. The summed E-state index contributed by atoms with van der Waals surface area (Å²) in [6.07, 6.45) is 6.43. The minimum atomic E-state index is -0.230. The number of carbonyl (C=O) groups is 2. The molecule has 2 aliphatic rings. The highest BCUT2D eigenvalue weighted by Crippen LogP contribution is 2.22. The Morgan fingerprint density at radius 2 is 1.54 bits per heavy atom. The third-order valence-corrected chi connectivity index (χ3v) is 5.24. The summed E-state index contributed by atoms with van der Waals surface area (Å²) in [5.41, 5.74) is 2.36. The molecule has 2 amide bonds. The summed E-state index contributed by atoms with van der Waals surface area (Å²) < 4.78 is 0. The average molecular weight is 380 g/mol. The molecule has 2 aromatic rings. The van der Waals surface area contributed by atoms with Crippen LogP contribution in [0, 0.1) is 0 Å². The van der Waals surface area contributed by atoms with E-state index >= 15 is 0 Å². The zero-order valence-corrected chi connectivity index (χ0v) is 15.8. The molecule has 0 radical (unpaired) electrons. The molecule has 2 fully saturated rings. The van der Waals surface area contributed by atoms with E-state index in [1.54, 1.807) is 17.3 Å². The number of amides is 2. The smallest absolute Gasteiger partial charge is 0.258 e. The van der Waals surface area contributed by atoms with Crippen molar-refractivity contribution in [3.8, 4) is 0 Å². The van der Waals surface area contributed by atoms with Crippen LogP contribution >= 0.6 is 0 Å². The Labute approximate surface area is 164 Å². The first-order chi connectivity index (χ1) is 13.7. The number of carbonyl (C=O) groups excluding carboxylic acids is 2. The molecule has 0 bridgehead atoms. The summed E-state index contributed by atoms with van der Waals surface area (Å²) in [6.45, 7) is 4.88. The van der Waals surface area contributed by atoms with E-state index in [-0.39, 0.29) is 5.91 Å². The second-order valence-electron chi connectivity index (χ2n) is 7.10. The second kappa shape index (κ2) is 8.24. The van der Waals surface area contributed by atoms with Gasteiger partial charge in [-0.25, -0.2) is 9.97 Å². The normalized spacial score (nSPS) is 16.9. The summed E-state index contributed by atoms with van der Waals surface area (Å²) >= 11 is 0.